The highest BCUT2D eigenvalue weighted by molar-refractivity contribution is 9.10. The molecule has 144 valence electrons. The second kappa shape index (κ2) is 8.73. The zero-order chi connectivity index (χ0) is 21.0. The zero-order valence-electron chi connectivity index (χ0n) is 14.6. The maximum Gasteiger partial charge on any atom is 0.271 e. The van der Waals surface area contributed by atoms with Crippen LogP contribution < -0.4 is 5.32 Å². The third kappa shape index (κ3) is 4.90. The summed E-state index contributed by atoms with van der Waals surface area (Å²) >= 11 is 9.33. The van der Waals surface area contributed by atoms with Gasteiger partial charge >= 0.3 is 0 Å². The van der Waals surface area contributed by atoms with E-state index in [1.54, 1.807) is 18.2 Å². The summed E-state index contributed by atoms with van der Waals surface area (Å²) in [6, 6.07) is 16.2. The van der Waals surface area contributed by atoms with E-state index in [-0.39, 0.29) is 22.0 Å². The van der Waals surface area contributed by atoms with E-state index in [4.69, 9.17) is 16.0 Å². The predicted molar refractivity (Wildman–Crippen MR) is 112 cm³/mol. The van der Waals surface area contributed by atoms with E-state index < -0.39 is 10.8 Å². The molecule has 0 saturated heterocycles. The lowest BCUT2D eigenvalue weighted by atomic mass is 10.2. The summed E-state index contributed by atoms with van der Waals surface area (Å²) < 4.78 is 6.61. The molecule has 0 aliphatic carbocycles. The number of anilines is 1. The van der Waals surface area contributed by atoms with Crippen molar-refractivity contribution in [2.45, 2.75) is 0 Å². The Kier molecular flexibility index (Phi) is 6.12. The van der Waals surface area contributed by atoms with Crippen LogP contribution >= 0.6 is 27.5 Å². The lowest BCUT2D eigenvalue weighted by molar-refractivity contribution is -0.384. The van der Waals surface area contributed by atoms with Crippen molar-refractivity contribution < 1.29 is 14.1 Å². The number of carbonyl (C=O) groups excluding carboxylic acids is 1. The standard InChI is InChI=1S/C20H11BrClN3O4/c21-14-3-1-12(2-4-14)19-8-6-16(29-19)9-13(11-23)20(26)24-18-10-15(25(27)28)5-7-17(18)22/h1-10H,(H,24,26)/b13-9+. The lowest BCUT2D eigenvalue weighted by Crippen LogP contribution is -2.13. The smallest absolute Gasteiger partial charge is 0.271 e. The maximum absolute atomic E-state index is 12.4. The van der Waals surface area contributed by atoms with Crippen molar-refractivity contribution in [3.63, 3.8) is 0 Å². The van der Waals surface area contributed by atoms with Crippen LogP contribution in [0.5, 0.6) is 0 Å². The first kappa shape index (κ1) is 20.3. The van der Waals surface area contributed by atoms with Crippen LogP contribution in [-0.2, 0) is 4.79 Å². The summed E-state index contributed by atoms with van der Waals surface area (Å²) in [4.78, 5) is 22.7. The summed E-state index contributed by atoms with van der Waals surface area (Å²) in [5.74, 6) is 0.111. The van der Waals surface area contributed by atoms with Crippen LogP contribution in [0.2, 0.25) is 5.02 Å². The first-order valence-corrected chi connectivity index (χ1v) is 9.27. The van der Waals surface area contributed by atoms with Crippen molar-refractivity contribution in [3.8, 4) is 17.4 Å². The van der Waals surface area contributed by atoms with E-state index in [9.17, 15) is 20.2 Å². The molecule has 0 saturated carbocycles. The largest absolute Gasteiger partial charge is 0.457 e. The number of carbonyl (C=O) groups is 1. The normalized spacial score (nSPS) is 11.0. The fourth-order valence-corrected chi connectivity index (χ4v) is 2.83. The van der Waals surface area contributed by atoms with Crippen molar-refractivity contribution in [3.05, 3.63) is 85.5 Å². The fourth-order valence-electron chi connectivity index (χ4n) is 2.40. The topological polar surface area (TPSA) is 109 Å². The molecule has 1 aromatic heterocycles. The van der Waals surface area contributed by atoms with E-state index in [1.165, 1.54) is 18.2 Å². The van der Waals surface area contributed by atoms with Crippen LogP contribution in [0.25, 0.3) is 17.4 Å². The first-order chi connectivity index (χ1) is 13.9. The third-order valence-electron chi connectivity index (χ3n) is 3.82. The lowest BCUT2D eigenvalue weighted by Gasteiger charge is -2.06. The summed E-state index contributed by atoms with van der Waals surface area (Å²) in [7, 11) is 0. The summed E-state index contributed by atoms with van der Waals surface area (Å²) in [5, 5.41) is 22.7. The fraction of sp³-hybridized carbons (Fsp3) is 0. The van der Waals surface area contributed by atoms with E-state index in [0.717, 1.165) is 16.1 Å². The number of hydrogen-bond acceptors (Lipinski definition) is 5. The molecule has 1 N–H and O–H groups in total. The minimum Gasteiger partial charge on any atom is -0.457 e. The molecule has 29 heavy (non-hydrogen) atoms. The number of nitrogens with one attached hydrogen (secondary N) is 1. The number of non-ortho nitro benzene ring substituents is 1. The van der Waals surface area contributed by atoms with Crippen LogP contribution in [0.4, 0.5) is 11.4 Å². The highest BCUT2D eigenvalue weighted by atomic mass is 79.9. The minimum absolute atomic E-state index is 0.0296. The van der Waals surface area contributed by atoms with E-state index in [1.807, 2.05) is 24.3 Å². The van der Waals surface area contributed by atoms with Crippen molar-refractivity contribution in [2.75, 3.05) is 5.32 Å². The van der Waals surface area contributed by atoms with Gasteiger partial charge in [0, 0.05) is 28.2 Å². The number of furan rings is 1. The summed E-state index contributed by atoms with van der Waals surface area (Å²) in [6.07, 6.45) is 1.28. The number of rotatable bonds is 5. The molecule has 9 heteroatoms. The Bertz CT molecular complexity index is 1160. The summed E-state index contributed by atoms with van der Waals surface area (Å²) in [5.41, 5.74) is 0.378. The Labute approximate surface area is 178 Å². The van der Waals surface area contributed by atoms with Gasteiger partial charge < -0.3 is 9.73 Å². The number of nitrogens with zero attached hydrogens (tertiary/aromatic N) is 2. The van der Waals surface area contributed by atoms with E-state index in [2.05, 4.69) is 21.2 Å². The van der Waals surface area contributed by atoms with E-state index in [0.29, 0.717) is 11.5 Å². The SMILES string of the molecule is N#C/C(=C\c1ccc(-c2ccc(Br)cc2)o1)C(=O)Nc1cc([N+](=O)[O-])ccc1Cl. The second-order valence-electron chi connectivity index (χ2n) is 5.75. The number of amides is 1. The van der Waals surface area contributed by atoms with Gasteiger partial charge in [0.25, 0.3) is 11.6 Å². The van der Waals surface area contributed by atoms with E-state index >= 15 is 0 Å². The van der Waals surface area contributed by atoms with Gasteiger partial charge in [-0.1, -0.05) is 39.7 Å². The molecule has 0 bridgehead atoms. The number of hydrogen-bond donors (Lipinski definition) is 1. The van der Waals surface area contributed by atoms with Gasteiger partial charge in [-0.2, -0.15) is 5.26 Å². The van der Waals surface area contributed by atoms with Gasteiger partial charge in [-0.25, -0.2) is 0 Å². The van der Waals surface area contributed by atoms with Crippen LogP contribution in [0.1, 0.15) is 5.76 Å². The van der Waals surface area contributed by atoms with Gasteiger partial charge in [0.05, 0.1) is 15.6 Å². The Balaban J connectivity index is 1.83. The molecule has 3 aromatic rings. The Morgan fingerprint density at radius 3 is 2.59 bits per heavy atom. The number of halogens is 2. The highest BCUT2D eigenvalue weighted by Crippen LogP contribution is 2.28. The number of nitriles is 1. The first-order valence-electron chi connectivity index (χ1n) is 8.10. The number of benzene rings is 2. The average Bonchev–Trinajstić information content (AvgIpc) is 3.16. The Hall–Kier alpha value is -3.41. The molecule has 2 aromatic carbocycles. The quantitative estimate of drug-likeness (QED) is 0.218. The van der Waals surface area contributed by atoms with Crippen LogP contribution in [0, 0.1) is 21.4 Å². The molecular weight excluding hydrogens is 462 g/mol. The molecule has 0 aliphatic rings. The molecule has 0 spiro atoms. The van der Waals surface area contributed by atoms with Gasteiger partial charge in [-0.05, 0) is 30.3 Å². The molecule has 1 amide bonds. The highest BCUT2D eigenvalue weighted by Gasteiger charge is 2.16. The van der Waals surface area contributed by atoms with Gasteiger partial charge in [-0.15, -0.1) is 0 Å². The monoisotopic (exact) mass is 471 g/mol. The molecular formula is C20H11BrClN3O4. The Morgan fingerprint density at radius 2 is 1.93 bits per heavy atom. The molecule has 1 heterocycles. The van der Waals surface area contributed by atoms with Crippen molar-refractivity contribution >= 4 is 50.9 Å². The third-order valence-corrected chi connectivity index (χ3v) is 4.67. The number of nitro benzene ring substituents is 1. The minimum atomic E-state index is -0.767. The average molecular weight is 473 g/mol. The van der Waals surface area contributed by atoms with Gasteiger partial charge in [-0.3, -0.25) is 14.9 Å². The Morgan fingerprint density at radius 1 is 1.21 bits per heavy atom. The maximum atomic E-state index is 12.4. The van der Waals surface area contributed by atoms with Crippen LogP contribution in [0.3, 0.4) is 0 Å². The van der Waals surface area contributed by atoms with Crippen molar-refractivity contribution in [2.24, 2.45) is 0 Å². The van der Waals surface area contributed by atoms with Gasteiger partial charge in [0.1, 0.15) is 23.2 Å². The summed E-state index contributed by atoms with van der Waals surface area (Å²) in [6.45, 7) is 0. The zero-order valence-corrected chi connectivity index (χ0v) is 16.9. The van der Waals surface area contributed by atoms with Crippen LogP contribution in [0.15, 0.2) is 69.1 Å². The second-order valence-corrected chi connectivity index (χ2v) is 7.08. The molecule has 3 rings (SSSR count). The molecule has 0 radical (unpaired) electrons. The van der Waals surface area contributed by atoms with Gasteiger partial charge in [0.2, 0.25) is 0 Å². The van der Waals surface area contributed by atoms with Crippen molar-refractivity contribution in [1.82, 2.24) is 0 Å². The van der Waals surface area contributed by atoms with Crippen LogP contribution in [-0.4, -0.2) is 10.8 Å². The molecule has 0 unspecified atom stereocenters. The number of nitro groups is 1. The van der Waals surface area contributed by atoms with Crippen molar-refractivity contribution in [1.29, 1.82) is 5.26 Å². The van der Waals surface area contributed by atoms with Gasteiger partial charge in [0.15, 0.2) is 0 Å². The molecule has 0 atom stereocenters. The molecule has 0 fully saturated rings. The molecule has 7 nitrogen and oxygen atoms in total. The molecule has 0 aliphatic heterocycles. The predicted octanol–water partition coefficient (Wildman–Crippen LogP) is 5.82.